The molecule has 30 heavy (non-hydrogen) atoms. The Morgan fingerprint density at radius 1 is 1.20 bits per heavy atom. The van der Waals surface area contributed by atoms with E-state index in [2.05, 4.69) is 35.1 Å². The molecule has 0 radical (unpaired) electrons. The SMILES string of the molecule is CCOC(=O)C1=C(C)NC2=C(C(=O)CC(C)(C)C2)[C@H]1c1cc(OC)c(OC)cc1Br. The number of carbonyl (C=O) groups is 2. The summed E-state index contributed by atoms with van der Waals surface area (Å²) in [4.78, 5) is 26.3. The summed E-state index contributed by atoms with van der Waals surface area (Å²) < 4.78 is 17.0. The second kappa shape index (κ2) is 8.46. The summed E-state index contributed by atoms with van der Waals surface area (Å²) in [5, 5.41) is 3.33. The quantitative estimate of drug-likeness (QED) is 0.622. The highest BCUT2D eigenvalue weighted by Crippen LogP contribution is 2.49. The van der Waals surface area contributed by atoms with Crippen LogP contribution >= 0.6 is 15.9 Å². The molecular weight excluding hydrogens is 450 g/mol. The minimum atomic E-state index is -0.557. The van der Waals surface area contributed by atoms with Crippen molar-refractivity contribution < 1.29 is 23.8 Å². The van der Waals surface area contributed by atoms with Crippen LogP contribution < -0.4 is 14.8 Å². The summed E-state index contributed by atoms with van der Waals surface area (Å²) in [5.74, 6) is 0.137. The van der Waals surface area contributed by atoms with Crippen LogP contribution in [0.5, 0.6) is 11.5 Å². The number of dihydropyridines is 1. The molecule has 1 aliphatic carbocycles. The molecule has 1 atom stereocenters. The molecule has 0 spiro atoms. The van der Waals surface area contributed by atoms with Crippen LogP contribution in [0.4, 0.5) is 0 Å². The van der Waals surface area contributed by atoms with Crippen LogP contribution in [0.1, 0.15) is 52.0 Å². The number of nitrogens with one attached hydrogen (secondary N) is 1. The van der Waals surface area contributed by atoms with Crippen LogP contribution in [0.15, 0.2) is 39.1 Å². The van der Waals surface area contributed by atoms with Gasteiger partial charge in [0.25, 0.3) is 0 Å². The minimum absolute atomic E-state index is 0.0368. The van der Waals surface area contributed by atoms with E-state index in [4.69, 9.17) is 14.2 Å². The fourth-order valence-corrected chi connectivity index (χ4v) is 4.87. The van der Waals surface area contributed by atoms with Crippen LogP contribution in [0, 0.1) is 5.41 Å². The van der Waals surface area contributed by atoms with Gasteiger partial charge < -0.3 is 19.5 Å². The summed E-state index contributed by atoms with van der Waals surface area (Å²) in [7, 11) is 3.13. The first-order chi connectivity index (χ1) is 14.1. The lowest BCUT2D eigenvalue weighted by Crippen LogP contribution is -2.38. The number of rotatable bonds is 5. The van der Waals surface area contributed by atoms with Gasteiger partial charge in [-0.2, -0.15) is 0 Å². The maximum atomic E-state index is 13.3. The first kappa shape index (κ1) is 22.4. The van der Waals surface area contributed by atoms with Gasteiger partial charge in [0.2, 0.25) is 0 Å². The molecule has 1 N–H and O–H groups in total. The van der Waals surface area contributed by atoms with E-state index >= 15 is 0 Å². The molecule has 2 aliphatic rings. The summed E-state index contributed by atoms with van der Waals surface area (Å²) in [6, 6.07) is 3.62. The molecule has 162 valence electrons. The van der Waals surface area contributed by atoms with Crippen molar-refractivity contribution >= 4 is 27.7 Å². The molecule has 6 nitrogen and oxygen atoms in total. The van der Waals surface area contributed by atoms with Crippen molar-refractivity contribution in [2.24, 2.45) is 5.41 Å². The molecule has 1 heterocycles. The Labute approximate surface area is 185 Å². The average Bonchev–Trinajstić information content (AvgIpc) is 2.65. The normalized spacial score (nSPS) is 20.5. The van der Waals surface area contributed by atoms with Crippen molar-refractivity contribution in [2.45, 2.75) is 46.5 Å². The van der Waals surface area contributed by atoms with E-state index in [1.54, 1.807) is 27.2 Å². The van der Waals surface area contributed by atoms with Gasteiger partial charge in [-0.15, -0.1) is 0 Å². The first-order valence-electron chi connectivity index (χ1n) is 9.96. The lowest BCUT2D eigenvalue weighted by Gasteiger charge is -2.39. The molecule has 0 saturated heterocycles. The van der Waals surface area contributed by atoms with Gasteiger partial charge in [0.1, 0.15) is 0 Å². The lowest BCUT2D eigenvalue weighted by molar-refractivity contribution is -0.138. The Morgan fingerprint density at radius 2 is 1.83 bits per heavy atom. The van der Waals surface area contributed by atoms with Gasteiger partial charge in [-0.3, -0.25) is 4.79 Å². The van der Waals surface area contributed by atoms with Crippen molar-refractivity contribution in [2.75, 3.05) is 20.8 Å². The highest BCUT2D eigenvalue weighted by Gasteiger charge is 2.43. The van der Waals surface area contributed by atoms with E-state index in [1.807, 2.05) is 13.0 Å². The lowest BCUT2D eigenvalue weighted by atomic mass is 9.68. The number of esters is 1. The van der Waals surface area contributed by atoms with Gasteiger partial charge in [-0.05, 0) is 43.4 Å². The van der Waals surface area contributed by atoms with Crippen molar-refractivity contribution in [1.82, 2.24) is 5.32 Å². The first-order valence-corrected chi connectivity index (χ1v) is 10.7. The number of hydrogen-bond donors (Lipinski definition) is 1. The second-order valence-electron chi connectivity index (χ2n) is 8.38. The van der Waals surface area contributed by atoms with Gasteiger partial charge >= 0.3 is 5.97 Å². The number of carbonyl (C=O) groups excluding carboxylic acids is 2. The van der Waals surface area contributed by atoms with Gasteiger partial charge in [0.15, 0.2) is 17.3 Å². The van der Waals surface area contributed by atoms with Crippen LogP contribution in [-0.2, 0) is 14.3 Å². The van der Waals surface area contributed by atoms with Gasteiger partial charge in [0.05, 0.1) is 26.4 Å². The Balaban J connectivity index is 2.27. The van der Waals surface area contributed by atoms with Crippen molar-refractivity contribution in [1.29, 1.82) is 0 Å². The molecule has 0 amide bonds. The number of ketones is 1. The van der Waals surface area contributed by atoms with E-state index in [0.717, 1.165) is 22.2 Å². The number of methoxy groups -OCH3 is 2. The van der Waals surface area contributed by atoms with E-state index < -0.39 is 11.9 Å². The fraction of sp³-hybridized carbons (Fsp3) is 0.478. The standard InChI is InChI=1S/C23H28BrNO5/c1-7-30-22(27)19-12(2)25-15-10-23(3,4)11-16(26)21(15)20(19)13-8-17(28-5)18(29-6)9-14(13)24/h8-9,20,25H,7,10-11H2,1-6H3/t20-/m0/s1. The van der Waals surface area contributed by atoms with E-state index in [0.29, 0.717) is 34.8 Å². The van der Waals surface area contributed by atoms with Crippen LogP contribution in [0.3, 0.4) is 0 Å². The minimum Gasteiger partial charge on any atom is -0.493 e. The van der Waals surface area contributed by atoms with E-state index in [1.165, 1.54) is 0 Å². The van der Waals surface area contributed by atoms with E-state index in [9.17, 15) is 9.59 Å². The van der Waals surface area contributed by atoms with Crippen LogP contribution in [0.25, 0.3) is 0 Å². The number of allylic oxidation sites excluding steroid dienone is 3. The Morgan fingerprint density at radius 3 is 2.43 bits per heavy atom. The predicted molar refractivity (Wildman–Crippen MR) is 118 cm³/mol. The Bertz CT molecular complexity index is 961. The van der Waals surface area contributed by atoms with E-state index in [-0.39, 0.29) is 17.8 Å². The summed E-state index contributed by atoms with van der Waals surface area (Å²) >= 11 is 3.62. The monoisotopic (exact) mass is 477 g/mol. The fourth-order valence-electron chi connectivity index (χ4n) is 4.32. The second-order valence-corrected chi connectivity index (χ2v) is 9.23. The number of hydrogen-bond acceptors (Lipinski definition) is 6. The molecule has 1 aromatic carbocycles. The zero-order valence-electron chi connectivity index (χ0n) is 18.3. The van der Waals surface area contributed by atoms with Crippen molar-refractivity contribution in [3.8, 4) is 11.5 Å². The summed E-state index contributed by atoms with van der Waals surface area (Å²) in [6.07, 6.45) is 1.15. The van der Waals surface area contributed by atoms with Crippen molar-refractivity contribution in [3.05, 3.63) is 44.7 Å². The molecule has 0 fully saturated rings. The Kier molecular flexibility index (Phi) is 6.32. The third kappa shape index (κ3) is 4.00. The highest BCUT2D eigenvalue weighted by atomic mass is 79.9. The predicted octanol–water partition coefficient (Wildman–Crippen LogP) is 4.63. The molecule has 0 unspecified atom stereocenters. The molecule has 1 aliphatic heterocycles. The maximum absolute atomic E-state index is 13.3. The smallest absolute Gasteiger partial charge is 0.336 e. The molecule has 1 aromatic rings. The maximum Gasteiger partial charge on any atom is 0.336 e. The zero-order chi connectivity index (χ0) is 22.2. The van der Waals surface area contributed by atoms with Gasteiger partial charge in [0, 0.05) is 33.8 Å². The number of halogens is 1. The Hall–Kier alpha value is -2.28. The van der Waals surface area contributed by atoms with Crippen LogP contribution in [-0.4, -0.2) is 32.6 Å². The largest absolute Gasteiger partial charge is 0.493 e. The van der Waals surface area contributed by atoms with Gasteiger partial charge in [-0.1, -0.05) is 29.8 Å². The summed E-state index contributed by atoms with van der Waals surface area (Å²) in [5.41, 5.74) is 3.24. The average molecular weight is 478 g/mol. The highest BCUT2D eigenvalue weighted by molar-refractivity contribution is 9.10. The molecule has 0 saturated carbocycles. The molecule has 0 aromatic heterocycles. The third-order valence-corrected chi connectivity index (χ3v) is 6.24. The molecule has 7 heteroatoms. The van der Waals surface area contributed by atoms with Crippen LogP contribution in [0.2, 0.25) is 0 Å². The summed E-state index contributed by atoms with van der Waals surface area (Å²) in [6.45, 7) is 8.03. The third-order valence-electron chi connectivity index (χ3n) is 5.55. The topological polar surface area (TPSA) is 73.9 Å². The zero-order valence-corrected chi connectivity index (χ0v) is 19.9. The van der Waals surface area contributed by atoms with Gasteiger partial charge in [-0.25, -0.2) is 4.79 Å². The molecule has 0 bridgehead atoms. The number of benzene rings is 1. The number of ether oxygens (including phenoxy) is 3. The van der Waals surface area contributed by atoms with Crippen molar-refractivity contribution in [3.63, 3.8) is 0 Å². The molecular formula is C23H28BrNO5. The number of Topliss-reactive ketones (excluding diaryl/α,β-unsaturated/α-hetero) is 1. The molecule has 3 rings (SSSR count).